The topological polar surface area (TPSA) is 54.0 Å². The molecule has 0 fully saturated rings. The molecule has 88 valence electrons. The van der Waals surface area contributed by atoms with Crippen molar-refractivity contribution in [3.8, 4) is 0 Å². The number of carbonyl (C=O) groups is 1. The highest BCUT2D eigenvalue weighted by molar-refractivity contribution is 5.85. The molecule has 0 aliphatic carbocycles. The molecule has 0 saturated carbocycles. The Morgan fingerprint density at radius 3 is 2.81 bits per heavy atom. The summed E-state index contributed by atoms with van der Waals surface area (Å²) < 4.78 is 0. The van der Waals surface area contributed by atoms with Gasteiger partial charge < -0.3 is 10.6 Å². The standard InChI is InChI=1S/C12H19N3O/c1-12(2,13-3)11(16)15-8-6-10-5-4-7-14-9-10/h4-5,7,9,13H,6,8H2,1-3H3,(H,15,16). The zero-order valence-corrected chi connectivity index (χ0v) is 10.1. The Morgan fingerprint density at radius 1 is 1.50 bits per heavy atom. The van der Waals surface area contributed by atoms with Gasteiger partial charge in [-0.25, -0.2) is 0 Å². The summed E-state index contributed by atoms with van der Waals surface area (Å²) in [6.45, 7) is 4.34. The lowest BCUT2D eigenvalue weighted by Crippen LogP contribution is -2.51. The minimum absolute atomic E-state index is 0.0129. The van der Waals surface area contributed by atoms with E-state index in [4.69, 9.17) is 0 Å². The van der Waals surface area contributed by atoms with Crippen LogP contribution in [0.5, 0.6) is 0 Å². The highest BCUT2D eigenvalue weighted by Crippen LogP contribution is 2.01. The molecule has 1 aromatic heterocycles. The van der Waals surface area contributed by atoms with E-state index in [2.05, 4.69) is 15.6 Å². The number of nitrogens with one attached hydrogen (secondary N) is 2. The summed E-state index contributed by atoms with van der Waals surface area (Å²) in [6, 6.07) is 3.90. The van der Waals surface area contributed by atoms with Crippen LogP contribution in [0.3, 0.4) is 0 Å². The van der Waals surface area contributed by atoms with E-state index < -0.39 is 5.54 Å². The van der Waals surface area contributed by atoms with Gasteiger partial charge in [0, 0.05) is 18.9 Å². The summed E-state index contributed by atoms with van der Waals surface area (Å²) in [6.07, 6.45) is 4.36. The van der Waals surface area contributed by atoms with Gasteiger partial charge >= 0.3 is 0 Å². The number of hydrogen-bond acceptors (Lipinski definition) is 3. The van der Waals surface area contributed by atoms with Gasteiger partial charge in [-0.15, -0.1) is 0 Å². The summed E-state index contributed by atoms with van der Waals surface area (Å²) in [5.41, 5.74) is 0.611. The average Bonchev–Trinajstić information content (AvgIpc) is 2.30. The zero-order valence-electron chi connectivity index (χ0n) is 10.1. The first-order valence-electron chi connectivity index (χ1n) is 5.42. The molecule has 0 aliphatic rings. The van der Waals surface area contributed by atoms with Crippen molar-refractivity contribution in [2.45, 2.75) is 25.8 Å². The van der Waals surface area contributed by atoms with Crippen molar-refractivity contribution in [2.75, 3.05) is 13.6 Å². The van der Waals surface area contributed by atoms with E-state index in [0.29, 0.717) is 6.54 Å². The zero-order chi connectivity index (χ0) is 12.0. The minimum atomic E-state index is -0.519. The van der Waals surface area contributed by atoms with E-state index >= 15 is 0 Å². The average molecular weight is 221 g/mol. The van der Waals surface area contributed by atoms with Gasteiger partial charge in [-0.2, -0.15) is 0 Å². The fourth-order valence-corrected chi connectivity index (χ4v) is 1.20. The Balaban J connectivity index is 2.34. The SMILES string of the molecule is CNC(C)(C)C(=O)NCCc1cccnc1. The maximum absolute atomic E-state index is 11.7. The first-order chi connectivity index (χ1) is 7.56. The largest absolute Gasteiger partial charge is 0.354 e. The van der Waals surface area contributed by atoms with E-state index in [1.165, 1.54) is 0 Å². The van der Waals surface area contributed by atoms with Crippen LogP contribution in [0.15, 0.2) is 24.5 Å². The molecule has 4 nitrogen and oxygen atoms in total. The number of rotatable bonds is 5. The summed E-state index contributed by atoms with van der Waals surface area (Å²) in [5, 5.41) is 5.86. The van der Waals surface area contributed by atoms with Crippen LogP contribution in [0.2, 0.25) is 0 Å². The van der Waals surface area contributed by atoms with Crippen LogP contribution in [0.1, 0.15) is 19.4 Å². The molecule has 4 heteroatoms. The van der Waals surface area contributed by atoms with Crippen LogP contribution < -0.4 is 10.6 Å². The predicted molar refractivity (Wildman–Crippen MR) is 64.1 cm³/mol. The molecule has 0 aliphatic heterocycles. The van der Waals surface area contributed by atoms with Crippen LogP contribution in [-0.4, -0.2) is 30.0 Å². The van der Waals surface area contributed by atoms with Crippen LogP contribution in [-0.2, 0) is 11.2 Å². The lowest BCUT2D eigenvalue weighted by atomic mass is 10.1. The lowest BCUT2D eigenvalue weighted by Gasteiger charge is -2.22. The van der Waals surface area contributed by atoms with Crippen molar-refractivity contribution in [3.05, 3.63) is 30.1 Å². The molecule has 16 heavy (non-hydrogen) atoms. The summed E-state index contributed by atoms with van der Waals surface area (Å²) in [4.78, 5) is 15.7. The van der Waals surface area contributed by atoms with Gasteiger partial charge in [-0.1, -0.05) is 6.07 Å². The minimum Gasteiger partial charge on any atom is -0.354 e. The second kappa shape index (κ2) is 5.61. The third kappa shape index (κ3) is 3.62. The Labute approximate surface area is 96.5 Å². The molecule has 0 saturated heterocycles. The number of hydrogen-bond donors (Lipinski definition) is 2. The fraction of sp³-hybridized carbons (Fsp3) is 0.500. The maximum Gasteiger partial charge on any atom is 0.239 e. The van der Waals surface area contributed by atoms with E-state index in [9.17, 15) is 4.79 Å². The smallest absolute Gasteiger partial charge is 0.239 e. The molecule has 0 radical (unpaired) electrons. The lowest BCUT2D eigenvalue weighted by molar-refractivity contribution is -0.126. The number of carbonyl (C=O) groups excluding carboxylic acids is 1. The van der Waals surface area contributed by atoms with E-state index in [1.807, 2.05) is 32.2 Å². The molecule has 1 heterocycles. The molecular weight excluding hydrogens is 202 g/mol. The maximum atomic E-state index is 11.7. The third-order valence-electron chi connectivity index (χ3n) is 2.61. The molecule has 0 atom stereocenters. The Bertz CT molecular complexity index is 335. The fourth-order valence-electron chi connectivity index (χ4n) is 1.20. The number of aromatic nitrogens is 1. The number of pyridine rings is 1. The van der Waals surface area contributed by atoms with Gasteiger partial charge in [-0.05, 0) is 38.9 Å². The highest BCUT2D eigenvalue weighted by Gasteiger charge is 2.24. The van der Waals surface area contributed by atoms with Gasteiger partial charge in [-0.3, -0.25) is 9.78 Å². The highest BCUT2D eigenvalue weighted by atomic mass is 16.2. The second-order valence-corrected chi connectivity index (χ2v) is 4.24. The van der Waals surface area contributed by atoms with Gasteiger partial charge in [0.25, 0.3) is 0 Å². The first-order valence-corrected chi connectivity index (χ1v) is 5.42. The Kier molecular flexibility index (Phi) is 4.43. The number of nitrogens with zero attached hydrogens (tertiary/aromatic N) is 1. The number of likely N-dealkylation sites (N-methyl/N-ethyl adjacent to an activating group) is 1. The monoisotopic (exact) mass is 221 g/mol. The molecule has 1 rings (SSSR count). The number of amides is 1. The normalized spacial score (nSPS) is 11.2. The summed E-state index contributed by atoms with van der Waals surface area (Å²) >= 11 is 0. The predicted octanol–water partition coefficient (Wildman–Crippen LogP) is 0.738. The van der Waals surface area contributed by atoms with Crippen LogP contribution in [0, 0.1) is 0 Å². The Hall–Kier alpha value is -1.42. The van der Waals surface area contributed by atoms with Crippen molar-refractivity contribution in [1.82, 2.24) is 15.6 Å². The molecule has 0 spiro atoms. The van der Waals surface area contributed by atoms with Crippen molar-refractivity contribution in [3.63, 3.8) is 0 Å². The van der Waals surface area contributed by atoms with E-state index in [1.54, 1.807) is 13.2 Å². The molecule has 0 aromatic carbocycles. The molecule has 1 amide bonds. The van der Waals surface area contributed by atoms with Gasteiger partial charge in [0.1, 0.15) is 0 Å². The van der Waals surface area contributed by atoms with E-state index in [-0.39, 0.29) is 5.91 Å². The summed E-state index contributed by atoms with van der Waals surface area (Å²) in [5.74, 6) is 0.0129. The van der Waals surface area contributed by atoms with Gasteiger partial charge in [0.2, 0.25) is 5.91 Å². The molecule has 0 unspecified atom stereocenters. The summed E-state index contributed by atoms with van der Waals surface area (Å²) in [7, 11) is 1.78. The van der Waals surface area contributed by atoms with Crippen molar-refractivity contribution in [1.29, 1.82) is 0 Å². The van der Waals surface area contributed by atoms with Crippen LogP contribution in [0.4, 0.5) is 0 Å². The second-order valence-electron chi connectivity index (χ2n) is 4.24. The van der Waals surface area contributed by atoms with Gasteiger partial charge in [0.05, 0.1) is 5.54 Å². The first kappa shape index (κ1) is 12.6. The van der Waals surface area contributed by atoms with Crippen LogP contribution in [0.25, 0.3) is 0 Å². The third-order valence-corrected chi connectivity index (χ3v) is 2.61. The Morgan fingerprint density at radius 2 is 2.25 bits per heavy atom. The van der Waals surface area contributed by atoms with Gasteiger partial charge in [0.15, 0.2) is 0 Å². The molecule has 1 aromatic rings. The van der Waals surface area contributed by atoms with E-state index in [0.717, 1.165) is 12.0 Å². The molecular formula is C12H19N3O. The molecule has 0 bridgehead atoms. The van der Waals surface area contributed by atoms with Crippen molar-refractivity contribution < 1.29 is 4.79 Å². The molecule has 2 N–H and O–H groups in total. The van der Waals surface area contributed by atoms with Crippen LogP contribution >= 0.6 is 0 Å². The quantitative estimate of drug-likeness (QED) is 0.771. The van der Waals surface area contributed by atoms with Crippen molar-refractivity contribution >= 4 is 5.91 Å². The van der Waals surface area contributed by atoms with Crippen molar-refractivity contribution in [2.24, 2.45) is 0 Å².